The van der Waals surface area contributed by atoms with Crippen LogP contribution in [0.3, 0.4) is 0 Å². The topological polar surface area (TPSA) is 53.7 Å². The molecule has 0 bridgehead atoms. The zero-order valence-electron chi connectivity index (χ0n) is 11.3. The lowest BCUT2D eigenvalue weighted by Crippen LogP contribution is -2.44. The van der Waals surface area contributed by atoms with Crippen molar-refractivity contribution < 1.29 is 14.2 Å². The van der Waals surface area contributed by atoms with Crippen LogP contribution in [0.25, 0.3) is 0 Å². The minimum absolute atomic E-state index is 0.123. The monoisotopic (exact) mass is 293 g/mol. The van der Waals surface area contributed by atoms with Gasteiger partial charge >= 0.3 is 0 Å². The Hall–Kier alpha value is -1.17. The van der Waals surface area contributed by atoms with E-state index >= 15 is 0 Å². The van der Waals surface area contributed by atoms with E-state index in [1.165, 1.54) is 0 Å². The zero-order valence-corrected chi connectivity index (χ0v) is 12.2. The molecule has 2 saturated heterocycles. The molecule has 108 valence electrons. The van der Waals surface area contributed by atoms with Gasteiger partial charge in [-0.1, -0.05) is 12.2 Å². The van der Waals surface area contributed by atoms with Crippen LogP contribution in [0.5, 0.6) is 5.75 Å². The second-order valence-corrected chi connectivity index (χ2v) is 5.90. The molecular weight excluding hydrogens is 274 g/mol. The standard InChI is InChI=1S/C15H19NO3S/c16-14(20)11-1-3-12(4-2-11)19-13-5-7-18-15(9-13)6-8-17-10-15/h1-4,13H,5-10H2,(H2,16,20). The number of thiocarbonyl (C=S) groups is 1. The fraction of sp³-hybridized carbons (Fsp3) is 0.533. The molecule has 1 aromatic carbocycles. The van der Waals surface area contributed by atoms with E-state index in [4.69, 9.17) is 32.2 Å². The van der Waals surface area contributed by atoms with Crippen molar-refractivity contribution in [3.8, 4) is 5.75 Å². The largest absolute Gasteiger partial charge is 0.490 e. The third kappa shape index (κ3) is 2.95. The molecule has 0 aliphatic carbocycles. The van der Waals surface area contributed by atoms with Gasteiger partial charge < -0.3 is 19.9 Å². The average Bonchev–Trinajstić information content (AvgIpc) is 2.87. The van der Waals surface area contributed by atoms with Gasteiger partial charge in [0.25, 0.3) is 0 Å². The summed E-state index contributed by atoms with van der Waals surface area (Å²) in [7, 11) is 0. The highest BCUT2D eigenvalue weighted by Crippen LogP contribution is 2.34. The summed E-state index contributed by atoms with van der Waals surface area (Å²) in [4.78, 5) is 0.407. The van der Waals surface area contributed by atoms with E-state index in [-0.39, 0.29) is 11.7 Å². The van der Waals surface area contributed by atoms with Crippen molar-refractivity contribution in [1.29, 1.82) is 0 Å². The average molecular weight is 293 g/mol. The Labute approximate surface area is 124 Å². The first-order chi connectivity index (χ1) is 9.67. The van der Waals surface area contributed by atoms with Crippen LogP contribution in [0.4, 0.5) is 0 Å². The third-order valence-corrected chi connectivity index (χ3v) is 4.19. The maximum absolute atomic E-state index is 6.06. The van der Waals surface area contributed by atoms with Crippen LogP contribution in [-0.2, 0) is 9.47 Å². The second-order valence-electron chi connectivity index (χ2n) is 5.46. The lowest BCUT2D eigenvalue weighted by Gasteiger charge is -2.37. The van der Waals surface area contributed by atoms with Gasteiger partial charge in [-0.05, 0) is 24.3 Å². The van der Waals surface area contributed by atoms with Crippen molar-refractivity contribution in [2.24, 2.45) is 5.73 Å². The van der Waals surface area contributed by atoms with Crippen molar-refractivity contribution in [2.75, 3.05) is 19.8 Å². The first kappa shape index (κ1) is 13.8. The molecule has 3 rings (SSSR count). The summed E-state index contributed by atoms with van der Waals surface area (Å²) >= 11 is 4.94. The predicted molar refractivity (Wildman–Crippen MR) is 80.1 cm³/mol. The normalized spacial score (nSPS) is 29.5. The van der Waals surface area contributed by atoms with E-state index in [1.807, 2.05) is 24.3 Å². The molecular formula is C15H19NO3S. The lowest BCUT2D eigenvalue weighted by atomic mass is 9.91. The number of benzene rings is 1. The van der Waals surface area contributed by atoms with Crippen LogP contribution in [0.2, 0.25) is 0 Å². The number of rotatable bonds is 3. The quantitative estimate of drug-likeness (QED) is 0.864. The fourth-order valence-corrected chi connectivity index (χ4v) is 2.97. The van der Waals surface area contributed by atoms with Gasteiger partial charge in [-0.2, -0.15) is 0 Å². The van der Waals surface area contributed by atoms with E-state index < -0.39 is 0 Å². The molecule has 4 nitrogen and oxygen atoms in total. The third-order valence-electron chi connectivity index (χ3n) is 3.96. The molecule has 0 amide bonds. The molecule has 2 unspecified atom stereocenters. The fourth-order valence-electron chi connectivity index (χ4n) is 2.84. The number of hydrogen-bond acceptors (Lipinski definition) is 4. The SMILES string of the molecule is NC(=S)c1ccc(OC2CCOC3(CCOC3)C2)cc1. The second kappa shape index (κ2) is 5.68. The Bertz CT molecular complexity index is 482. The summed E-state index contributed by atoms with van der Waals surface area (Å²) < 4.78 is 17.4. The minimum Gasteiger partial charge on any atom is -0.490 e. The van der Waals surface area contributed by atoms with Gasteiger partial charge in [0.15, 0.2) is 0 Å². The summed E-state index contributed by atoms with van der Waals surface area (Å²) in [5.41, 5.74) is 6.32. The molecule has 0 aromatic heterocycles. The lowest BCUT2D eigenvalue weighted by molar-refractivity contribution is -0.112. The van der Waals surface area contributed by atoms with Gasteiger partial charge in [-0.3, -0.25) is 0 Å². The summed E-state index contributed by atoms with van der Waals surface area (Å²) in [6.07, 6.45) is 2.96. The highest BCUT2D eigenvalue weighted by Gasteiger charge is 2.41. The van der Waals surface area contributed by atoms with Gasteiger partial charge in [-0.15, -0.1) is 0 Å². The molecule has 2 aliphatic rings. The van der Waals surface area contributed by atoms with Crippen LogP contribution >= 0.6 is 12.2 Å². The molecule has 0 saturated carbocycles. The molecule has 2 heterocycles. The Morgan fingerprint density at radius 3 is 2.75 bits per heavy atom. The van der Waals surface area contributed by atoms with Crippen molar-refractivity contribution in [3.63, 3.8) is 0 Å². The highest BCUT2D eigenvalue weighted by atomic mass is 32.1. The van der Waals surface area contributed by atoms with Gasteiger partial charge in [-0.25, -0.2) is 0 Å². The maximum Gasteiger partial charge on any atom is 0.119 e. The van der Waals surface area contributed by atoms with Gasteiger partial charge in [0.2, 0.25) is 0 Å². The Kier molecular flexibility index (Phi) is 3.92. The van der Waals surface area contributed by atoms with Crippen LogP contribution < -0.4 is 10.5 Å². The Balaban J connectivity index is 1.63. The number of hydrogen-bond donors (Lipinski definition) is 1. The molecule has 0 radical (unpaired) electrons. The molecule has 2 N–H and O–H groups in total. The van der Waals surface area contributed by atoms with Gasteiger partial charge in [0.1, 0.15) is 16.8 Å². The van der Waals surface area contributed by atoms with E-state index in [1.54, 1.807) is 0 Å². The van der Waals surface area contributed by atoms with E-state index in [9.17, 15) is 0 Å². The van der Waals surface area contributed by atoms with Crippen molar-refractivity contribution in [1.82, 2.24) is 0 Å². The highest BCUT2D eigenvalue weighted by molar-refractivity contribution is 7.80. The summed E-state index contributed by atoms with van der Waals surface area (Å²) in [6, 6.07) is 7.63. The van der Waals surface area contributed by atoms with Crippen molar-refractivity contribution >= 4 is 17.2 Å². The Morgan fingerprint density at radius 1 is 1.30 bits per heavy atom. The first-order valence-electron chi connectivity index (χ1n) is 6.95. The maximum atomic E-state index is 6.06. The van der Waals surface area contributed by atoms with Crippen LogP contribution in [0.1, 0.15) is 24.8 Å². The summed E-state index contributed by atoms with van der Waals surface area (Å²) in [6.45, 7) is 2.21. The molecule has 20 heavy (non-hydrogen) atoms. The van der Waals surface area contributed by atoms with Gasteiger partial charge in [0.05, 0.1) is 18.8 Å². The zero-order chi connectivity index (χ0) is 14.0. The van der Waals surface area contributed by atoms with Crippen molar-refractivity contribution in [3.05, 3.63) is 29.8 Å². The minimum atomic E-state index is -0.123. The number of ether oxygens (including phenoxy) is 3. The Morgan fingerprint density at radius 2 is 2.10 bits per heavy atom. The summed E-state index contributed by atoms with van der Waals surface area (Å²) in [5, 5.41) is 0. The first-order valence-corrected chi connectivity index (χ1v) is 7.36. The molecule has 2 atom stereocenters. The molecule has 1 spiro atoms. The molecule has 2 fully saturated rings. The van der Waals surface area contributed by atoms with E-state index in [0.29, 0.717) is 11.6 Å². The van der Waals surface area contributed by atoms with Crippen LogP contribution in [0.15, 0.2) is 24.3 Å². The van der Waals surface area contributed by atoms with Crippen LogP contribution in [0, 0.1) is 0 Å². The van der Waals surface area contributed by atoms with Gasteiger partial charge in [0, 0.05) is 31.4 Å². The van der Waals surface area contributed by atoms with E-state index in [0.717, 1.165) is 43.8 Å². The molecule has 5 heteroatoms. The van der Waals surface area contributed by atoms with Crippen LogP contribution in [-0.4, -0.2) is 36.5 Å². The number of nitrogens with two attached hydrogens (primary N) is 1. The molecule has 2 aliphatic heterocycles. The van der Waals surface area contributed by atoms with E-state index in [2.05, 4.69) is 0 Å². The predicted octanol–water partition coefficient (Wildman–Crippen LogP) is 2.04. The summed E-state index contributed by atoms with van der Waals surface area (Å²) in [5.74, 6) is 0.853. The van der Waals surface area contributed by atoms with Crippen molar-refractivity contribution in [2.45, 2.75) is 31.0 Å². The smallest absolute Gasteiger partial charge is 0.119 e. The molecule has 1 aromatic rings.